The van der Waals surface area contributed by atoms with Crippen LogP contribution in [0.25, 0.3) is 0 Å². The number of nitrogens with zero attached hydrogens (tertiary/aromatic N) is 2. The van der Waals surface area contributed by atoms with Crippen LogP contribution >= 0.6 is 23.4 Å². The van der Waals surface area contributed by atoms with Gasteiger partial charge in [0.15, 0.2) is 0 Å². The van der Waals surface area contributed by atoms with Gasteiger partial charge in [-0.25, -0.2) is 4.98 Å². The molecule has 2 nitrogen and oxygen atoms in total. The van der Waals surface area contributed by atoms with Crippen molar-refractivity contribution in [3.05, 3.63) is 23.4 Å². The lowest BCUT2D eigenvalue weighted by molar-refractivity contribution is -0.141. The van der Waals surface area contributed by atoms with Crippen molar-refractivity contribution in [2.45, 2.75) is 23.4 Å². The van der Waals surface area contributed by atoms with E-state index in [-0.39, 0.29) is 21.7 Å². The number of pyridine rings is 1. The van der Waals surface area contributed by atoms with Crippen molar-refractivity contribution in [3.63, 3.8) is 0 Å². The molecular weight excluding hydrogens is 273 g/mol. The number of nitriles is 1. The van der Waals surface area contributed by atoms with E-state index in [2.05, 4.69) is 4.98 Å². The second-order valence-corrected chi connectivity index (χ2v) is 4.98. The predicted molar refractivity (Wildman–Crippen MR) is 60.0 cm³/mol. The van der Waals surface area contributed by atoms with Gasteiger partial charge in [-0.2, -0.15) is 18.4 Å². The van der Waals surface area contributed by atoms with E-state index >= 15 is 0 Å². The summed E-state index contributed by atoms with van der Waals surface area (Å²) in [5, 5.41) is 8.73. The van der Waals surface area contributed by atoms with Gasteiger partial charge in [-0.1, -0.05) is 6.92 Å². The smallest absolute Gasteiger partial charge is 0.236 e. The third-order valence-electron chi connectivity index (χ3n) is 1.80. The van der Waals surface area contributed by atoms with E-state index in [1.165, 1.54) is 0 Å². The van der Waals surface area contributed by atoms with E-state index in [0.717, 1.165) is 23.9 Å². The van der Waals surface area contributed by atoms with Crippen LogP contribution in [0.4, 0.5) is 13.2 Å². The summed E-state index contributed by atoms with van der Waals surface area (Å²) in [4.78, 5) is 3.46. The molecule has 0 aliphatic carbocycles. The number of halogens is 4. The van der Waals surface area contributed by atoms with Gasteiger partial charge in [-0.15, -0.1) is 23.4 Å². The Bertz CT molecular complexity index is 442. The summed E-state index contributed by atoms with van der Waals surface area (Å²) in [6.07, 6.45) is -4.51. The Labute approximate surface area is 106 Å². The van der Waals surface area contributed by atoms with Gasteiger partial charge in [0.05, 0.1) is 5.56 Å². The average molecular weight is 281 g/mol. The van der Waals surface area contributed by atoms with Crippen molar-refractivity contribution in [1.29, 1.82) is 5.26 Å². The molecule has 17 heavy (non-hydrogen) atoms. The molecule has 1 aromatic heterocycles. The van der Waals surface area contributed by atoms with E-state index < -0.39 is 11.9 Å². The van der Waals surface area contributed by atoms with Gasteiger partial charge in [0.25, 0.3) is 0 Å². The minimum absolute atomic E-state index is 0.0653. The van der Waals surface area contributed by atoms with Gasteiger partial charge < -0.3 is 0 Å². The summed E-state index contributed by atoms with van der Waals surface area (Å²) in [6, 6.07) is 3.73. The summed E-state index contributed by atoms with van der Waals surface area (Å²) in [6.45, 7) is 1.75. The Morgan fingerprint density at radius 1 is 1.53 bits per heavy atom. The summed E-state index contributed by atoms with van der Waals surface area (Å²) in [7, 11) is 0. The molecule has 1 unspecified atom stereocenters. The molecule has 0 saturated carbocycles. The maximum atomic E-state index is 12.4. The first-order valence-corrected chi connectivity index (χ1v) is 6.01. The van der Waals surface area contributed by atoms with E-state index in [1.54, 1.807) is 6.92 Å². The maximum Gasteiger partial charge on any atom is 0.433 e. The molecule has 1 heterocycles. The summed E-state index contributed by atoms with van der Waals surface area (Å²) in [5.41, 5.74) is -0.874. The Hall–Kier alpha value is -0.930. The van der Waals surface area contributed by atoms with E-state index in [0.29, 0.717) is 0 Å². The molecule has 92 valence electrons. The van der Waals surface area contributed by atoms with E-state index in [1.807, 2.05) is 6.07 Å². The second-order valence-electron chi connectivity index (χ2n) is 3.24. The molecule has 1 rings (SSSR count). The van der Waals surface area contributed by atoms with Gasteiger partial charge in [-0.05, 0) is 12.1 Å². The molecule has 0 amide bonds. The highest BCUT2D eigenvalue weighted by Crippen LogP contribution is 2.32. The largest absolute Gasteiger partial charge is 0.433 e. The second kappa shape index (κ2) is 5.61. The van der Waals surface area contributed by atoms with Gasteiger partial charge in [0, 0.05) is 11.1 Å². The molecule has 0 aliphatic rings. The summed E-state index contributed by atoms with van der Waals surface area (Å²) >= 11 is 6.63. The third-order valence-corrected chi connectivity index (χ3v) is 3.55. The quantitative estimate of drug-likeness (QED) is 0.626. The highest BCUT2D eigenvalue weighted by atomic mass is 35.5. The zero-order valence-electron chi connectivity index (χ0n) is 8.75. The normalized spacial score (nSPS) is 13.2. The van der Waals surface area contributed by atoms with Crippen LogP contribution in [0, 0.1) is 11.3 Å². The maximum absolute atomic E-state index is 12.4. The summed E-state index contributed by atoms with van der Waals surface area (Å²) < 4.78 is 37.3. The highest BCUT2D eigenvalue weighted by molar-refractivity contribution is 8.00. The van der Waals surface area contributed by atoms with Crippen molar-refractivity contribution in [3.8, 4) is 6.07 Å². The minimum atomic E-state index is -4.51. The number of aromatic nitrogens is 1. The fraction of sp³-hybridized carbons (Fsp3) is 0.400. The molecule has 7 heteroatoms. The van der Waals surface area contributed by atoms with Crippen molar-refractivity contribution in [2.24, 2.45) is 0 Å². The van der Waals surface area contributed by atoms with Gasteiger partial charge in [-0.3, -0.25) is 0 Å². The van der Waals surface area contributed by atoms with E-state index in [9.17, 15) is 13.2 Å². The van der Waals surface area contributed by atoms with Crippen molar-refractivity contribution in [1.82, 2.24) is 4.98 Å². The number of alkyl halides is 4. The van der Waals surface area contributed by atoms with Crippen LogP contribution in [0.3, 0.4) is 0 Å². The highest BCUT2D eigenvalue weighted by Gasteiger charge is 2.33. The Balaban J connectivity index is 3.12. The van der Waals surface area contributed by atoms with Crippen molar-refractivity contribution < 1.29 is 13.2 Å². The zero-order valence-corrected chi connectivity index (χ0v) is 10.3. The van der Waals surface area contributed by atoms with E-state index in [4.69, 9.17) is 16.9 Å². The first-order chi connectivity index (χ1) is 7.88. The predicted octanol–water partition coefficient (Wildman–Crippen LogP) is 3.69. The zero-order chi connectivity index (χ0) is 13.1. The standard InChI is InChI=1S/C10H8ClF3N2S/c1-6(4-11)17-9-7(5-15)2-3-8(16-9)10(12,13)14/h2-3,6H,4H2,1H3. The van der Waals surface area contributed by atoms with Crippen LogP contribution in [0.2, 0.25) is 0 Å². The average Bonchev–Trinajstić information content (AvgIpc) is 2.27. The summed E-state index contributed by atoms with van der Waals surface area (Å²) in [5.74, 6) is 0.271. The number of hydrogen-bond donors (Lipinski definition) is 0. The molecule has 0 bridgehead atoms. The van der Waals surface area contributed by atoms with Crippen molar-refractivity contribution >= 4 is 23.4 Å². The molecule has 0 fully saturated rings. The van der Waals surface area contributed by atoms with Crippen LogP contribution in [-0.2, 0) is 6.18 Å². The Kier molecular flexibility index (Phi) is 4.66. The lowest BCUT2D eigenvalue weighted by Gasteiger charge is -2.11. The molecule has 1 atom stereocenters. The molecule has 0 saturated heterocycles. The van der Waals surface area contributed by atoms with Crippen molar-refractivity contribution in [2.75, 3.05) is 5.88 Å². The Morgan fingerprint density at radius 3 is 2.65 bits per heavy atom. The van der Waals surface area contributed by atoms with Crippen LogP contribution in [0.1, 0.15) is 18.2 Å². The van der Waals surface area contributed by atoms with Crippen LogP contribution in [-0.4, -0.2) is 16.1 Å². The molecule has 0 spiro atoms. The fourth-order valence-electron chi connectivity index (χ4n) is 0.995. The topological polar surface area (TPSA) is 36.7 Å². The number of hydrogen-bond acceptors (Lipinski definition) is 3. The van der Waals surface area contributed by atoms with Crippen LogP contribution in [0.5, 0.6) is 0 Å². The molecule has 0 N–H and O–H groups in total. The lowest BCUT2D eigenvalue weighted by Crippen LogP contribution is -2.10. The fourth-order valence-corrected chi connectivity index (χ4v) is 2.02. The molecule has 0 aromatic carbocycles. The Morgan fingerprint density at radius 2 is 2.18 bits per heavy atom. The van der Waals surface area contributed by atoms with Gasteiger partial charge in [0.2, 0.25) is 0 Å². The molecule has 1 aromatic rings. The first kappa shape index (κ1) is 14.1. The number of thioether (sulfide) groups is 1. The molecule has 0 aliphatic heterocycles. The van der Waals surface area contributed by atoms with Gasteiger partial charge in [0.1, 0.15) is 16.8 Å². The third kappa shape index (κ3) is 3.79. The van der Waals surface area contributed by atoms with Gasteiger partial charge >= 0.3 is 6.18 Å². The monoisotopic (exact) mass is 280 g/mol. The van der Waals surface area contributed by atoms with Crippen LogP contribution in [0.15, 0.2) is 17.2 Å². The lowest BCUT2D eigenvalue weighted by atomic mass is 10.2. The first-order valence-electron chi connectivity index (χ1n) is 4.59. The molecular formula is C10H8ClF3N2S. The minimum Gasteiger partial charge on any atom is -0.236 e. The van der Waals surface area contributed by atoms with Crippen LogP contribution < -0.4 is 0 Å². The number of rotatable bonds is 3. The SMILES string of the molecule is CC(CCl)Sc1nc(C(F)(F)F)ccc1C#N. The molecule has 0 radical (unpaired) electrons.